The molecule has 0 bridgehead atoms. The van der Waals surface area contributed by atoms with E-state index in [1.54, 1.807) is 17.6 Å². The maximum absolute atomic E-state index is 15.0. The zero-order valence-corrected chi connectivity index (χ0v) is 20.5. The molecule has 1 unspecified atom stereocenters. The Hall–Kier alpha value is -2.95. The quantitative estimate of drug-likeness (QED) is 0.304. The van der Waals surface area contributed by atoms with Crippen molar-refractivity contribution < 1.29 is 13.9 Å². The third-order valence-electron chi connectivity index (χ3n) is 7.16. The molecular weight excluding hydrogens is 471 g/mol. The fraction of sp³-hybridized carbons (Fsp3) is 0.400. The Morgan fingerprint density at radius 3 is 2.77 bits per heavy atom. The van der Waals surface area contributed by atoms with E-state index in [1.807, 2.05) is 6.92 Å². The average Bonchev–Trinajstić information content (AvgIpc) is 3.22. The van der Waals surface area contributed by atoms with Crippen molar-refractivity contribution in [2.75, 3.05) is 12.9 Å². The van der Waals surface area contributed by atoms with Crippen LogP contribution in [0, 0.1) is 10.7 Å². The Bertz CT molecular complexity index is 1460. The summed E-state index contributed by atoms with van der Waals surface area (Å²) in [4.78, 5) is 43.2. The molecule has 4 heterocycles. The van der Waals surface area contributed by atoms with Crippen molar-refractivity contribution in [3.8, 4) is 11.4 Å². The minimum absolute atomic E-state index is 0.0798. The second kappa shape index (κ2) is 8.61. The number of pyridine rings is 2. The standard InChI is InChI=1S/C25H25FN4O4S/c1-4-12-16(26)7-18-21-20(17(27)10-35-23(12)21)13-8-30-19(22(13)28-18)6-15(14(9-34-3)24(30)32)25(5-2,11-31)29-33/h6-7,11,17H,4-5,8-10,27H2,1-3H3/t17?,25-/m1/s1. The molecule has 0 amide bonds. The molecule has 10 heteroatoms. The van der Waals surface area contributed by atoms with Crippen molar-refractivity contribution in [2.45, 2.75) is 56.3 Å². The van der Waals surface area contributed by atoms with Gasteiger partial charge in [-0.05, 0) is 24.5 Å². The van der Waals surface area contributed by atoms with Gasteiger partial charge in [0.1, 0.15) is 5.82 Å². The molecule has 0 saturated carbocycles. The van der Waals surface area contributed by atoms with E-state index in [-0.39, 0.29) is 48.1 Å². The summed E-state index contributed by atoms with van der Waals surface area (Å²) in [6.45, 7) is 3.74. The molecule has 0 aliphatic carbocycles. The Morgan fingerprint density at radius 2 is 2.14 bits per heavy atom. The molecular formula is C25H25FN4O4S. The molecule has 182 valence electrons. The zero-order chi connectivity index (χ0) is 25.1. The summed E-state index contributed by atoms with van der Waals surface area (Å²) in [5.41, 5.74) is 8.64. The minimum atomic E-state index is -1.72. The molecule has 2 aliphatic heterocycles. The predicted octanol–water partition coefficient (Wildman–Crippen LogP) is 3.95. The highest BCUT2D eigenvalue weighted by Crippen LogP contribution is 2.47. The number of fused-ring (bicyclic) bond motifs is 4. The van der Waals surface area contributed by atoms with Crippen LogP contribution in [0.1, 0.15) is 54.1 Å². The van der Waals surface area contributed by atoms with Gasteiger partial charge in [-0.3, -0.25) is 4.79 Å². The zero-order valence-electron chi connectivity index (χ0n) is 19.7. The topological polar surface area (TPSA) is 117 Å². The van der Waals surface area contributed by atoms with Gasteiger partial charge in [0.05, 0.1) is 30.1 Å². The van der Waals surface area contributed by atoms with E-state index in [9.17, 15) is 18.9 Å². The molecule has 2 aromatic heterocycles. The van der Waals surface area contributed by atoms with Crippen LogP contribution in [0.25, 0.3) is 22.3 Å². The number of thioether (sulfide) groups is 1. The Balaban J connectivity index is 1.88. The molecule has 2 aliphatic rings. The van der Waals surface area contributed by atoms with Gasteiger partial charge in [0.25, 0.3) is 5.56 Å². The van der Waals surface area contributed by atoms with Crippen molar-refractivity contribution >= 4 is 29.0 Å². The average molecular weight is 497 g/mol. The largest absolute Gasteiger partial charge is 0.380 e. The van der Waals surface area contributed by atoms with Crippen molar-refractivity contribution in [1.82, 2.24) is 9.55 Å². The van der Waals surface area contributed by atoms with Gasteiger partial charge in [0.15, 0.2) is 11.8 Å². The van der Waals surface area contributed by atoms with E-state index >= 15 is 0 Å². The summed E-state index contributed by atoms with van der Waals surface area (Å²) in [6, 6.07) is 2.74. The van der Waals surface area contributed by atoms with Gasteiger partial charge in [-0.15, -0.1) is 16.7 Å². The maximum Gasteiger partial charge on any atom is 0.257 e. The normalized spacial score (nSPS) is 17.7. The molecule has 2 atom stereocenters. The van der Waals surface area contributed by atoms with Crippen molar-refractivity contribution in [3.05, 3.63) is 61.0 Å². The fourth-order valence-corrected chi connectivity index (χ4v) is 6.63. The summed E-state index contributed by atoms with van der Waals surface area (Å²) < 4.78 is 21.8. The van der Waals surface area contributed by atoms with Crippen LogP contribution < -0.4 is 11.3 Å². The lowest BCUT2D eigenvalue weighted by Crippen LogP contribution is -2.33. The van der Waals surface area contributed by atoms with Crippen LogP contribution in [-0.2, 0) is 34.6 Å². The number of nitrogens with two attached hydrogens (primary N) is 1. The fourth-order valence-electron chi connectivity index (χ4n) is 5.34. The lowest BCUT2D eigenvalue weighted by Gasteiger charge is -2.26. The number of rotatable bonds is 7. The maximum atomic E-state index is 15.0. The minimum Gasteiger partial charge on any atom is -0.380 e. The smallest absolute Gasteiger partial charge is 0.257 e. The third kappa shape index (κ3) is 3.23. The van der Waals surface area contributed by atoms with Gasteiger partial charge in [0.2, 0.25) is 0 Å². The predicted molar refractivity (Wildman–Crippen MR) is 132 cm³/mol. The van der Waals surface area contributed by atoms with Crippen LogP contribution in [0.3, 0.4) is 0 Å². The van der Waals surface area contributed by atoms with Gasteiger partial charge >= 0.3 is 0 Å². The van der Waals surface area contributed by atoms with Crippen molar-refractivity contribution in [2.24, 2.45) is 10.9 Å². The van der Waals surface area contributed by atoms with Gasteiger partial charge in [-0.2, -0.15) is 0 Å². The highest BCUT2D eigenvalue weighted by atomic mass is 32.2. The molecule has 0 spiro atoms. The van der Waals surface area contributed by atoms with E-state index < -0.39 is 5.54 Å². The van der Waals surface area contributed by atoms with Crippen molar-refractivity contribution in [1.29, 1.82) is 0 Å². The number of hydrogen-bond acceptors (Lipinski definition) is 8. The van der Waals surface area contributed by atoms with Crippen LogP contribution >= 0.6 is 11.8 Å². The highest BCUT2D eigenvalue weighted by molar-refractivity contribution is 7.99. The number of ether oxygens (including phenoxy) is 1. The Labute approximate surface area is 205 Å². The number of carbonyl (C=O) groups is 1. The molecule has 35 heavy (non-hydrogen) atoms. The molecule has 2 N–H and O–H groups in total. The summed E-state index contributed by atoms with van der Waals surface area (Å²) in [6.07, 6.45) is 1.10. The van der Waals surface area contributed by atoms with Crippen LogP contribution in [-0.4, -0.2) is 28.7 Å². The van der Waals surface area contributed by atoms with Gasteiger partial charge < -0.3 is 19.8 Å². The number of benzene rings is 1. The monoisotopic (exact) mass is 496 g/mol. The first-order valence-corrected chi connectivity index (χ1v) is 12.5. The molecule has 0 saturated heterocycles. The first-order chi connectivity index (χ1) is 16.8. The SMILES string of the molecule is CCc1c(F)cc2nc3c(c4c2c1SCC4N)Cn1c-3cc([C@](C=O)(CC)N=O)c(COC)c1=O. The summed E-state index contributed by atoms with van der Waals surface area (Å²) in [5.74, 6) is 0.263. The number of aldehydes is 1. The summed E-state index contributed by atoms with van der Waals surface area (Å²) >= 11 is 1.53. The van der Waals surface area contributed by atoms with E-state index in [2.05, 4.69) is 5.18 Å². The lowest BCUT2D eigenvalue weighted by atomic mass is 9.86. The third-order valence-corrected chi connectivity index (χ3v) is 8.43. The van der Waals surface area contributed by atoms with Gasteiger partial charge in [-0.1, -0.05) is 19.0 Å². The van der Waals surface area contributed by atoms with Crippen molar-refractivity contribution in [3.63, 3.8) is 0 Å². The Morgan fingerprint density at radius 1 is 1.37 bits per heavy atom. The van der Waals surface area contributed by atoms with Crippen LogP contribution in [0.2, 0.25) is 0 Å². The number of nitrogens with zero attached hydrogens (tertiary/aromatic N) is 3. The van der Waals surface area contributed by atoms with Crippen LogP contribution in [0.4, 0.5) is 4.39 Å². The Kier molecular flexibility index (Phi) is 5.85. The van der Waals surface area contributed by atoms with E-state index in [0.717, 1.165) is 21.4 Å². The second-order valence-electron chi connectivity index (χ2n) is 8.92. The summed E-state index contributed by atoms with van der Waals surface area (Å²) in [7, 11) is 1.44. The van der Waals surface area contributed by atoms with E-state index in [0.29, 0.717) is 40.9 Å². The van der Waals surface area contributed by atoms with E-state index in [1.165, 1.54) is 24.9 Å². The number of halogens is 1. The number of hydrogen-bond donors (Lipinski definition) is 1. The van der Waals surface area contributed by atoms with Gasteiger partial charge in [-0.25, -0.2) is 9.37 Å². The molecule has 3 aromatic rings. The number of aromatic nitrogens is 2. The summed E-state index contributed by atoms with van der Waals surface area (Å²) in [5, 5.41) is 3.97. The second-order valence-corrected chi connectivity index (χ2v) is 9.95. The highest BCUT2D eigenvalue weighted by Gasteiger charge is 2.39. The van der Waals surface area contributed by atoms with Crippen LogP contribution in [0.5, 0.6) is 0 Å². The first-order valence-electron chi connectivity index (χ1n) is 11.5. The molecule has 0 radical (unpaired) electrons. The van der Waals surface area contributed by atoms with Crippen LogP contribution in [0.15, 0.2) is 27.0 Å². The number of nitroso groups, excluding NO2 is 1. The molecule has 0 fully saturated rings. The lowest BCUT2D eigenvalue weighted by molar-refractivity contribution is -0.112. The molecule has 1 aromatic carbocycles. The molecule has 8 nitrogen and oxygen atoms in total. The number of carbonyl (C=O) groups excluding carboxylic acids is 1. The van der Waals surface area contributed by atoms with Gasteiger partial charge in [0, 0.05) is 57.5 Å². The first kappa shape index (κ1) is 23.8. The molecule has 5 rings (SSSR count). The number of methoxy groups -OCH3 is 1. The van der Waals surface area contributed by atoms with E-state index in [4.69, 9.17) is 15.5 Å².